The van der Waals surface area contributed by atoms with Crippen LogP contribution in [0.5, 0.6) is 5.75 Å². The highest BCUT2D eigenvalue weighted by molar-refractivity contribution is 9.10. The second-order valence-electron chi connectivity index (χ2n) is 6.43. The number of thioether (sulfide) groups is 1. The van der Waals surface area contributed by atoms with Crippen molar-refractivity contribution in [2.75, 3.05) is 13.2 Å². The van der Waals surface area contributed by atoms with E-state index in [9.17, 15) is 14.7 Å². The summed E-state index contributed by atoms with van der Waals surface area (Å²) in [6, 6.07) is 11.7. The Morgan fingerprint density at radius 1 is 1.30 bits per heavy atom. The highest BCUT2D eigenvalue weighted by Gasteiger charge is 2.34. The summed E-state index contributed by atoms with van der Waals surface area (Å²) in [5.41, 5.74) is 0.564. The fourth-order valence-electron chi connectivity index (χ4n) is 2.80. The maximum atomic E-state index is 12.7. The number of aliphatic hydroxyl groups excluding tert-OH is 1. The summed E-state index contributed by atoms with van der Waals surface area (Å²) < 4.78 is 11.4. The maximum absolute atomic E-state index is 12.7. The van der Waals surface area contributed by atoms with Gasteiger partial charge in [-0.15, -0.1) is 6.42 Å². The van der Waals surface area contributed by atoms with Crippen molar-refractivity contribution in [1.29, 1.82) is 0 Å². The van der Waals surface area contributed by atoms with Crippen LogP contribution in [0.25, 0.3) is 6.08 Å². The van der Waals surface area contributed by atoms with Crippen LogP contribution >= 0.6 is 39.3 Å². The molecule has 1 heterocycles. The number of benzene rings is 2. The highest BCUT2D eigenvalue weighted by atomic mass is 79.9. The van der Waals surface area contributed by atoms with Crippen LogP contribution in [-0.4, -0.2) is 35.2 Å². The van der Waals surface area contributed by atoms with Gasteiger partial charge in [-0.25, -0.2) is 9.79 Å². The Labute approximate surface area is 208 Å². The molecule has 3 rings (SSSR count). The van der Waals surface area contributed by atoms with E-state index in [1.807, 2.05) is 0 Å². The van der Waals surface area contributed by atoms with Crippen molar-refractivity contribution in [3.63, 3.8) is 0 Å². The summed E-state index contributed by atoms with van der Waals surface area (Å²) in [6.07, 6.45) is 6.89. The van der Waals surface area contributed by atoms with Gasteiger partial charge in [-0.05, 0) is 43.3 Å². The standard InChI is InChI=1S/C24H17BrClNO5S/c1-3-11-32-18-10-9-15(25)12-14(18)13-19-21(28)20(24(30)31-4-2)23(33-19)27-22(29)16-7-5-6-8-17(16)26/h1,5-10,12-13,28H,4,11H2,2H3/b19-13+,27-23?. The van der Waals surface area contributed by atoms with Gasteiger partial charge < -0.3 is 14.6 Å². The predicted octanol–water partition coefficient (Wildman–Crippen LogP) is 5.82. The van der Waals surface area contributed by atoms with Crippen molar-refractivity contribution in [2.45, 2.75) is 6.92 Å². The van der Waals surface area contributed by atoms with Crippen molar-refractivity contribution in [2.24, 2.45) is 4.99 Å². The largest absolute Gasteiger partial charge is 0.506 e. The molecule has 0 aliphatic carbocycles. The van der Waals surface area contributed by atoms with Crippen LogP contribution in [-0.2, 0) is 9.53 Å². The minimum Gasteiger partial charge on any atom is -0.506 e. The van der Waals surface area contributed by atoms with E-state index in [0.717, 1.165) is 16.2 Å². The third kappa shape index (κ3) is 5.88. The van der Waals surface area contributed by atoms with E-state index in [2.05, 4.69) is 26.8 Å². The van der Waals surface area contributed by atoms with Gasteiger partial charge in [0.15, 0.2) is 0 Å². The van der Waals surface area contributed by atoms with Crippen molar-refractivity contribution in [1.82, 2.24) is 0 Å². The Kier molecular flexibility index (Phi) is 8.39. The number of hydrogen-bond donors (Lipinski definition) is 1. The second kappa shape index (κ2) is 11.2. The number of nitrogens with zero attached hydrogens (tertiary/aromatic N) is 1. The highest BCUT2D eigenvalue weighted by Crippen LogP contribution is 2.40. The van der Waals surface area contributed by atoms with Gasteiger partial charge in [0, 0.05) is 10.0 Å². The first-order chi connectivity index (χ1) is 15.8. The normalized spacial score (nSPS) is 15.6. The molecule has 1 amide bonds. The van der Waals surface area contributed by atoms with E-state index >= 15 is 0 Å². The zero-order valence-electron chi connectivity index (χ0n) is 17.3. The van der Waals surface area contributed by atoms with Gasteiger partial charge >= 0.3 is 5.97 Å². The molecule has 0 aromatic heterocycles. The molecule has 0 radical (unpaired) electrons. The molecular weight excluding hydrogens is 530 g/mol. The molecule has 168 valence electrons. The van der Waals surface area contributed by atoms with Gasteiger partial charge in [-0.1, -0.05) is 57.3 Å². The molecule has 0 saturated heterocycles. The molecule has 6 nitrogen and oxygen atoms in total. The molecule has 9 heteroatoms. The minimum absolute atomic E-state index is 0.00297. The van der Waals surface area contributed by atoms with Crippen LogP contribution in [0.3, 0.4) is 0 Å². The Balaban J connectivity index is 2.07. The van der Waals surface area contributed by atoms with Crippen LogP contribution in [0.2, 0.25) is 5.02 Å². The molecule has 1 N–H and O–H groups in total. The molecule has 0 fully saturated rings. The smallest absolute Gasteiger partial charge is 0.344 e. The lowest BCUT2D eigenvalue weighted by Crippen LogP contribution is -2.14. The summed E-state index contributed by atoms with van der Waals surface area (Å²) in [5, 5.41) is 11.1. The van der Waals surface area contributed by atoms with Crippen molar-refractivity contribution in [3.05, 3.63) is 79.3 Å². The molecule has 1 aliphatic heterocycles. The summed E-state index contributed by atoms with van der Waals surface area (Å²) in [6.45, 7) is 1.78. The number of aliphatic imine (C=N–C) groups is 1. The average Bonchev–Trinajstić information content (AvgIpc) is 3.08. The molecular formula is C24H17BrClNO5S. The molecule has 0 spiro atoms. The third-order valence-electron chi connectivity index (χ3n) is 4.25. The van der Waals surface area contributed by atoms with E-state index < -0.39 is 11.9 Å². The first-order valence-corrected chi connectivity index (χ1v) is 11.6. The molecule has 0 atom stereocenters. The van der Waals surface area contributed by atoms with E-state index in [1.54, 1.807) is 49.4 Å². The lowest BCUT2D eigenvalue weighted by Gasteiger charge is -2.08. The Hall–Kier alpha value is -2.99. The van der Waals surface area contributed by atoms with Gasteiger partial charge in [0.2, 0.25) is 0 Å². The van der Waals surface area contributed by atoms with Crippen LogP contribution < -0.4 is 4.74 Å². The van der Waals surface area contributed by atoms with Crippen molar-refractivity contribution >= 4 is 62.3 Å². The Morgan fingerprint density at radius 2 is 2.06 bits per heavy atom. The molecule has 2 aromatic carbocycles. The lowest BCUT2D eigenvalue weighted by atomic mass is 10.1. The number of halogens is 2. The molecule has 33 heavy (non-hydrogen) atoms. The van der Waals surface area contributed by atoms with E-state index in [4.69, 9.17) is 27.5 Å². The zero-order valence-corrected chi connectivity index (χ0v) is 20.5. The van der Waals surface area contributed by atoms with Crippen LogP contribution in [0.1, 0.15) is 22.8 Å². The van der Waals surface area contributed by atoms with Crippen molar-refractivity contribution < 1.29 is 24.2 Å². The fraction of sp³-hybridized carbons (Fsp3) is 0.125. The molecule has 0 bridgehead atoms. The fourth-order valence-corrected chi connectivity index (χ4v) is 4.40. The van der Waals surface area contributed by atoms with Gasteiger partial charge in [0.05, 0.1) is 22.1 Å². The number of rotatable bonds is 6. The lowest BCUT2D eigenvalue weighted by molar-refractivity contribution is -0.138. The van der Waals surface area contributed by atoms with Crippen LogP contribution in [0.4, 0.5) is 0 Å². The van der Waals surface area contributed by atoms with E-state index in [-0.39, 0.29) is 45.1 Å². The monoisotopic (exact) mass is 545 g/mol. The minimum atomic E-state index is -0.797. The van der Waals surface area contributed by atoms with Gasteiger partial charge in [-0.2, -0.15) is 0 Å². The quantitative estimate of drug-likeness (QED) is 0.363. The Morgan fingerprint density at radius 3 is 2.76 bits per heavy atom. The zero-order chi connectivity index (χ0) is 24.0. The summed E-state index contributed by atoms with van der Waals surface area (Å²) in [7, 11) is 0. The topological polar surface area (TPSA) is 85.2 Å². The summed E-state index contributed by atoms with van der Waals surface area (Å²) in [4.78, 5) is 29.6. The van der Waals surface area contributed by atoms with Gasteiger partial charge in [0.25, 0.3) is 5.91 Å². The van der Waals surface area contributed by atoms with Crippen LogP contribution in [0, 0.1) is 12.3 Å². The first kappa shape index (κ1) is 24.6. The Bertz CT molecular complexity index is 1250. The maximum Gasteiger partial charge on any atom is 0.344 e. The number of hydrogen-bond acceptors (Lipinski definition) is 6. The van der Waals surface area contributed by atoms with Crippen LogP contribution in [0.15, 0.2) is 68.2 Å². The summed E-state index contributed by atoms with van der Waals surface area (Å²) in [5.74, 6) is 1.07. The number of ether oxygens (including phenoxy) is 2. The summed E-state index contributed by atoms with van der Waals surface area (Å²) >= 11 is 10.5. The number of terminal acetylenes is 1. The predicted molar refractivity (Wildman–Crippen MR) is 134 cm³/mol. The second-order valence-corrected chi connectivity index (χ2v) is 8.79. The molecule has 0 unspecified atom stereocenters. The molecule has 2 aromatic rings. The number of aliphatic hydroxyl groups is 1. The number of amides is 1. The van der Waals surface area contributed by atoms with Gasteiger partial charge in [-0.3, -0.25) is 4.79 Å². The average molecular weight is 547 g/mol. The third-order valence-corrected chi connectivity index (χ3v) is 6.09. The first-order valence-electron chi connectivity index (χ1n) is 9.59. The van der Waals surface area contributed by atoms with Gasteiger partial charge in [0.1, 0.15) is 28.7 Å². The number of esters is 1. The van der Waals surface area contributed by atoms with Crippen molar-refractivity contribution in [3.8, 4) is 18.1 Å². The van der Waals surface area contributed by atoms with E-state index in [1.165, 1.54) is 6.07 Å². The SMILES string of the molecule is C#CCOc1ccc(Br)cc1/C=C1/SC(=NC(=O)c2ccccc2Cl)C(C(=O)OCC)=C1O. The number of carbonyl (C=O) groups is 2. The number of carbonyl (C=O) groups excluding carboxylic acids is 2. The molecule has 1 aliphatic rings. The van der Waals surface area contributed by atoms with E-state index in [0.29, 0.717) is 11.3 Å². The molecule has 0 saturated carbocycles.